The lowest BCUT2D eigenvalue weighted by Gasteiger charge is -2.20. The normalized spacial score (nSPS) is 12.5. The van der Waals surface area contributed by atoms with Crippen molar-refractivity contribution in [1.82, 2.24) is 0 Å². The molecule has 0 heterocycles. The zero-order valence-electron chi connectivity index (χ0n) is 24.2. The van der Waals surface area contributed by atoms with Gasteiger partial charge in [0.2, 0.25) is 0 Å². The number of hydrogen-bond acceptors (Lipinski definition) is 0. The Hall–Kier alpha value is -4.68. The Kier molecular flexibility index (Phi) is 4.35. The lowest BCUT2D eigenvalue weighted by Crippen LogP contribution is -1.99. The molecule has 0 unspecified atom stereocenters. The Morgan fingerprint density at radius 3 is 1.17 bits per heavy atom. The summed E-state index contributed by atoms with van der Waals surface area (Å²) in [7, 11) is 0. The molecule has 0 bridgehead atoms. The Morgan fingerprint density at radius 2 is 0.634 bits per heavy atom. The maximum Gasteiger partial charge on any atom is -0.00195 e. The van der Waals surface area contributed by atoms with E-state index in [2.05, 4.69) is 126 Å². The average Bonchev–Trinajstić information content (AvgIpc) is 3.50. The van der Waals surface area contributed by atoms with E-state index in [-0.39, 0.29) is 0 Å². The fourth-order valence-corrected chi connectivity index (χ4v) is 8.09. The molecule has 0 radical (unpaired) electrons. The fourth-order valence-electron chi connectivity index (χ4n) is 8.09. The molecule has 9 aromatic carbocycles. The Balaban J connectivity index is 1.56. The van der Waals surface area contributed by atoms with E-state index in [0.717, 1.165) is 0 Å². The van der Waals surface area contributed by atoms with E-state index < -0.39 is 0 Å². The molecule has 0 amide bonds. The first-order valence-electron chi connectivity index (χ1n) is 14.7. The molecule has 0 saturated heterocycles. The van der Waals surface area contributed by atoms with Crippen LogP contribution in [0.25, 0.3) is 86.5 Å². The quantitative estimate of drug-likeness (QED) is 0.188. The van der Waals surface area contributed by atoms with Crippen molar-refractivity contribution in [1.29, 1.82) is 0 Å². The monoisotopic (exact) mass is 522 g/mol. The number of fused-ring (bicyclic) bond motifs is 9. The van der Waals surface area contributed by atoms with Crippen LogP contribution in [-0.2, 0) is 0 Å². The molecule has 0 aliphatic rings. The van der Waals surface area contributed by atoms with E-state index in [1.807, 2.05) is 0 Å². The smallest absolute Gasteiger partial charge is 0.00195 e. The van der Waals surface area contributed by atoms with Crippen molar-refractivity contribution in [2.75, 3.05) is 0 Å². The van der Waals surface area contributed by atoms with Gasteiger partial charge in [-0.1, -0.05) is 66.7 Å². The van der Waals surface area contributed by atoms with Gasteiger partial charge in [-0.3, -0.25) is 0 Å². The maximum absolute atomic E-state index is 2.50. The molecule has 0 fully saturated rings. The third kappa shape index (κ3) is 2.75. The highest BCUT2D eigenvalue weighted by Crippen LogP contribution is 2.49. The van der Waals surface area contributed by atoms with Gasteiger partial charge in [0.25, 0.3) is 0 Å². The van der Waals surface area contributed by atoms with Gasteiger partial charge in [-0.25, -0.2) is 0 Å². The number of hydrogen-bond donors (Lipinski definition) is 0. The van der Waals surface area contributed by atoms with Crippen molar-refractivity contribution < 1.29 is 0 Å². The van der Waals surface area contributed by atoms with Crippen molar-refractivity contribution >= 4 is 75.4 Å². The predicted molar refractivity (Wildman–Crippen MR) is 180 cm³/mol. The van der Waals surface area contributed by atoms with Crippen LogP contribution in [0.4, 0.5) is 0 Å². The van der Waals surface area contributed by atoms with Gasteiger partial charge in [0.15, 0.2) is 0 Å². The highest BCUT2D eigenvalue weighted by Gasteiger charge is 2.21. The minimum absolute atomic E-state index is 1.33. The fraction of sp³-hybridized carbons (Fsp3) is 0.122. The first kappa shape index (κ1) is 23.1. The molecular weight excluding hydrogens is 492 g/mol. The molecule has 41 heavy (non-hydrogen) atoms. The summed E-state index contributed by atoms with van der Waals surface area (Å²) in [5.41, 5.74) is 9.73. The highest BCUT2D eigenvalue weighted by atomic mass is 14.2. The summed E-state index contributed by atoms with van der Waals surface area (Å²) in [6, 6.07) is 34.7. The summed E-state index contributed by atoms with van der Waals surface area (Å²) >= 11 is 0. The van der Waals surface area contributed by atoms with Crippen LogP contribution in [0.2, 0.25) is 0 Å². The van der Waals surface area contributed by atoms with E-state index in [1.165, 1.54) is 114 Å². The summed E-state index contributed by atoms with van der Waals surface area (Å²) in [6.07, 6.45) is 0. The van der Waals surface area contributed by atoms with Gasteiger partial charge in [0.05, 0.1) is 0 Å². The Labute approximate surface area is 239 Å². The van der Waals surface area contributed by atoms with Crippen molar-refractivity contribution in [3.05, 3.63) is 119 Å². The Bertz CT molecular complexity index is 2530. The van der Waals surface area contributed by atoms with Crippen molar-refractivity contribution in [2.24, 2.45) is 0 Å². The van der Waals surface area contributed by atoms with E-state index in [1.54, 1.807) is 0 Å². The molecule has 9 aromatic rings. The van der Waals surface area contributed by atoms with Gasteiger partial charge in [-0.15, -0.1) is 0 Å². The summed E-state index contributed by atoms with van der Waals surface area (Å²) in [6.45, 7) is 11.5. The summed E-state index contributed by atoms with van der Waals surface area (Å²) in [5, 5.41) is 19.1. The van der Waals surface area contributed by atoms with Gasteiger partial charge in [-0.2, -0.15) is 0 Å². The molecule has 0 saturated carbocycles. The topological polar surface area (TPSA) is 0 Å². The van der Waals surface area contributed by atoms with E-state index in [0.29, 0.717) is 0 Å². The van der Waals surface area contributed by atoms with E-state index >= 15 is 0 Å². The summed E-state index contributed by atoms with van der Waals surface area (Å²) < 4.78 is 0. The highest BCUT2D eigenvalue weighted by molar-refractivity contribution is 6.41. The van der Waals surface area contributed by atoms with Crippen LogP contribution in [0.1, 0.15) is 27.8 Å². The molecule has 0 aromatic heterocycles. The van der Waals surface area contributed by atoms with Gasteiger partial charge in [0, 0.05) is 0 Å². The van der Waals surface area contributed by atoms with Crippen LogP contribution in [0, 0.1) is 34.6 Å². The molecular formula is C41H30. The third-order valence-electron chi connectivity index (χ3n) is 10.5. The third-order valence-corrected chi connectivity index (χ3v) is 10.5. The molecule has 9 rings (SSSR count). The maximum atomic E-state index is 2.50. The summed E-state index contributed by atoms with van der Waals surface area (Å²) in [4.78, 5) is 0. The van der Waals surface area contributed by atoms with Crippen molar-refractivity contribution in [3.8, 4) is 11.1 Å². The van der Waals surface area contributed by atoms with Gasteiger partial charge in [0.1, 0.15) is 0 Å². The Morgan fingerprint density at radius 1 is 0.293 bits per heavy atom. The second kappa shape index (κ2) is 7.74. The van der Waals surface area contributed by atoms with Crippen LogP contribution in [0.15, 0.2) is 91.0 Å². The van der Waals surface area contributed by atoms with Gasteiger partial charge < -0.3 is 0 Å². The van der Waals surface area contributed by atoms with E-state index in [4.69, 9.17) is 0 Å². The minimum Gasteiger partial charge on any atom is -0.0616 e. The van der Waals surface area contributed by atoms with Crippen molar-refractivity contribution in [3.63, 3.8) is 0 Å². The van der Waals surface area contributed by atoms with Crippen LogP contribution in [0.3, 0.4) is 0 Å². The average molecular weight is 523 g/mol. The lowest BCUT2D eigenvalue weighted by molar-refractivity contribution is 1.18. The minimum atomic E-state index is 1.33. The molecule has 0 spiro atoms. The summed E-state index contributed by atoms with van der Waals surface area (Å²) in [5.74, 6) is 0. The second-order valence-electron chi connectivity index (χ2n) is 12.2. The molecule has 0 nitrogen and oxygen atoms in total. The lowest BCUT2D eigenvalue weighted by atomic mass is 9.84. The largest absolute Gasteiger partial charge is 0.0616 e. The van der Waals surface area contributed by atoms with Crippen LogP contribution >= 0.6 is 0 Å². The zero-order valence-corrected chi connectivity index (χ0v) is 24.2. The van der Waals surface area contributed by atoms with E-state index in [9.17, 15) is 0 Å². The van der Waals surface area contributed by atoms with Crippen LogP contribution in [0.5, 0.6) is 0 Å². The first-order chi connectivity index (χ1) is 19.9. The second-order valence-corrected chi connectivity index (χ2v) is 12.2. The zero-order chi connectivity index (χ0) is 27.7. The van der Waals surface area contributed by atoms with Gasteiger partial charge in [-0.05, 0) is 173 Å². The standard InChI is InChI=1S/C41H30/c1-21-22(2)24(4)39(25(5)23(21)3)26-17-35-29-13-8-9-14-30(29)38-19-33-32-16-10-15-31-27-11-6-7-12-28(27)37(40(31)32)20-34(33)36(18-26)41(35)38/h6-20H,1-5H3. The molecule has 0 aliphatic heterocycles. The number of benzene rings is 7. The molecule has 0 N–H and O–H groups in total. The number of rotatable bonds is 1. The van der Waals surface area contributed by atoms with Crippen molar-refractivity contribution in [2.45, 2.75) is 34.6 Å². The SMILES string of the molecule is Cc1c(C)c(C)c(-c2cc3c4ccccc4c4cc5c(cc6c7ccccc7c7cccc5c76)c(c2)c34)c(C)c1C. The molecule has 0 heteroatoms. The van der Waals surface area contributed by atoms with Gasteiger partial charge >= 0.3 is 0 Å². The first-order valence-corrected chi connectivity index (χ1v) is 14.7. The molecule has 0 atom stereocenters. The molecule has 194 valence electrons. The van der Waals surface area contributed by atoms with Crippen LogP contribution in [-0.4, -0.2) is 0 Å². The van der Waals surface area contributed by atoms with Crippen LogP contribution < -0.4 is 0 Å². The predicted octanol–water partition coefficient (Wildman–Crippen LogP) is 11.8. The molecule has 0 aliphatic carbocycles.